The molecule has 0 aromatic heterocycles. The van der Waals surface area contributed by atoms with Crippen LogP contribution in [-0.2, 0) is 14.8 Å². The summed E-state index contributed by atoms with van der Waals surface area (Å²) in [6, 6.07) is 10.4. The molecule has 2 aromatic carbocycles. The van der Waals surface area contributed by atoms with Crippen LogP contribution in [0.3, 0.4) is 0 Å². The molecule has 0 radical (unpaired) electrons. The van der Waals surface area contributed by atoms with Crippen LogP contribution in [0.4, 0.5) is 10.5 Å². The van der Waals surface area contributed by atoms with Gasteiger partial charge in [0.05, 0.1) is 35.3 Å². The molecule has 0 aliphatic carbocycles. The van der Waals surface area contributed by atoms with Gasteiger partial charge < -0.3 is 29.7 Å². The van der Waals surface area contributed by atoms with Crippen LogP contribution in [0, 0.1) is 12.8 Å². The first-order valence-corrected chi connectivity index (χ1v) is 17.1. The van der Waals surface area contributed by atoms with Crippen LogP contribution in [0.2, 0.25) is 0 Å². The van der Waals surface area contributed by atoms with Crippen molar-refractivity contribution in [1.82, 2.24) is 15.1 Å². The number of nitrogens with zero attached hydrogens (tertiary/aromatic N) is 2. The minimum absolute atomic E-state index is 0.0173. The molecular formula is C33H50N4O7S. The fraction of sp³-hybridized carbons (Fsp3) is 0.576. The van der Waals surface area contributed by atoms with Gasteiger partial charge in [-0.15, -0.1) is 0 Å². The minimum Gasteiger partial charge on any atom is -0.490 e. The van der Waals surface area contributed by atoms with Gasteiger partial charge in [0.25, 0.3) is 15.9 Å². The number of hydrogen-bond acceptors (Lipinski definition) is 7. The molecule has 1 heterocycles. The number of rotatable bonds is 8. The fourth-order valence-electron chi connectivity index (χ4n) is 5.09. The van der Waals surface area contributed by atoms with Crippen LogP contribution >= 0.6 is 0 Å². The Morgan fingerprint density at radius 2 is 1.80 bits per heavy atom. The van der Waals surface area contributed by atoms with Crippen molar-refractivity contribution < 1.29 is 32.6 Å². The number of hydrogen-bond donors (Lipinski definition) is 3. The summed E-state index contributed by atoms with van der Waals surface area (Å²) in [6.07, 6.45) is 1.74. The summed E-state index contributed by atoms with van der Waals surface area (Å²) in [5.74, 6) is -0.293. The summed E-state index contributed by atoms with van der Waals surface area (Å²) < 4.78 is 41.5. The highest BCUT2D eigenvalue weighted by Crippen LogP contribution is 2.29. The van der Waals surface area contributed by atoms with Gasteiger partial charge in [-0.25, -0.2) is 13.2 Å². The maximum absolute atomic E-state index is 14.3. The molecule has 3 N–H and O–H groups in total. The number of nitrogens with one attached hydrogen (secondary N) is 2. The van der Waals surface area contributed by atoms with E-state index in [1.165, 1.54) is 18.2 Å². The van der Waals surface area contributed by atoms with E-state index in [0.717, 1.165) is 18.4 Å². The highest BCUT2D eigenvalue weighted by atomic mass is 32.2. The highest BCUT2D eigenvalue weighted by Gasteiger charge is 2.31. The van der Waals surface area contributed by atoms with E-state index in [1.54, 1.807) is 48.0 Å². The molecular weight excluding hydrogens is 596 g/mol. The van der Waals surface area contributed by atoms with E-state index in [0.29, 0.717) is 25.3 Å². The Morgan fingerprint density at radius 3 is 2.44 bits per heavy atom. The molecule has 2 aromatic rings. The summed E-state index contributed by atoms with van der Waals surface area (Å²) in [4.78, 5) is 30.2. The lowest BCUT2D eigenvalue weighted by Crippen LogP contribution is -2.49. The van der Waals surface area contributed by atoms with E-state index < -0.39 is 22.0 Å². The van der Waals surface area contributed by atoms with Crippen LogP contribution in [0.1, 0.15) is 69.8 Å². The molecule has 250 valence electrons. The van der Waals surface area contributed by atoms with Crippen LogP contribution in [0.15, 0.2) is 47.4 Å². The van der Waals surface area contributed by atoms with Gasteiger partial charge in [-0.05, 0) is 84.2 Å². The topological polar surface area (TPSA) is 138 Å². The van der Waals surface area contributed by atoms with Crippen LogP contribution < -0.4 is 14.8 Å². The maximum Gasteiger partial charge on any atom is 0.317 e. The number of ether oxygens (including phenoxy) is 2. The first-order valence-electron chi connectivity index (χ1n) is 15.7. The molecule has 4 atom stereocenters. The Kier molecular flexibility index (Phi) is 13.1. The summed E-state index contributed by atoms with van der Waals surface area (Å²) >= 11 is 0. The standard InChI is InChI=1S/C33H50N4O7S/c1-22(2)34-33(40)36(7)20-31-24(4)19-37(25(5)21-38)32(39)29-18-27(35-45(41,42)28-14-11-23(3)12-15-28)13-16-30(29)44-26(6)10-8-9-17-43-31/h11-16,18,22,24-26,31,35,38H,8-10,17,19-21H2,1-7H3,(H,34,40)/t24-,25-,26-,31+/m0/s1. The molecule has 12 heteroatoms. The lowest BCUT2D eigenvalue weighted by molar-refractivity contribution is -0.0122. The number of amides is 3. The number of likely N-dealkylation sites (N-methyl/N-ethyl adjacent to an activating group) is 1. The number of benzene rings is 2. The third kappa shape index (κ3) is 10.3. The minimum atomic E-state index is -3.92. The van der Waals surface area contributed by atoms with Crippen molar-refractivity contribution >= 4 is 27.6 Å². The Labute approximate surface area is 268 Å². The van der Waals surface area contributed by atoms with Gasteiger partial charge in [-0.1, -0.05) is 24.6 Å². The SMILES string of the molecule is Cc1ccc(S(=O)(=O)Nc2ccc3c(c2)C(=O)N([C@@H](C)CO)C[C@H](C)[C@@H](CN(C)C(=O)NC(C)C)OCCCC[C@H](C)O3)cc1. The predicted molar refractivity (Wildman–Crippen MR) is 175 cm³/mol. The van der Waals surface area contributed by atoms with Gasteiger partial charge in [-0.3, -0.25) is 9.52 Å². The number of anilines is 1. The number of sulfonamides is 1. The second-order valence-electron chi connectivity index (χ2n) is 12.4. The largest absolute Gasteiger partial charge is 0.490 e. The lowest BCUT2D eigenvalue weighted by atomic mass is 10.0. The second kappa shape index (κ2) is 16.3. The summed E-state index contributed by atoms with van der Waals surface area (Å²) in [6.45, 7) is 12.0. The van der Waals surface area contributed by atoms with Gasteiger partial charge in [0.15, 0.2) is 0 Å². The molecule has 0 unspecified atom stereocenters. The molecule has 0 spiro atoms. The highest BCUT2D eigenvalue weighted by molar-refractivity contribution is 7.92. The van der Waals surface area contributed by atoms with Gasteiger partial charge in [-0.2, -0.15) is 0 Å². The van der Waals surface area contributed by atoms with Crippen LogP contribution in [-0.4, -0.2) is 92.9 Å². The predicted octanol–water partition coefficient (Wildman–Crippen LogP) is 4.64. The molecule has 0 fully saturated rings. The molecule has 0 saturated heterocycles. The number of carbonyl (C=O) groups excluding carboxylic acids is 2. The van der Waals surface area contributed by atoms with Crippen LogP contribution in [0.5, 0.6) is 5.75 Å². The van der Waals surface area contributed by atoms with Crippen molar-refractivity contribution in [2.24, 2.45) is 5.92 Å². The van der Waals surface area contributed by atoms with Crippen molar-refractivity contribution in [1.29, 1.82) is 0 Å². The van der Waals surface area contributed by atoms with Crippen LogP contribution in [0.25, 0.3) is 0 Å². The molecule has 1 aliphatic heterocycles. The normalized spacial score (nSPS) is 20.9. The molecule has 1 aliphatic rings. The van der Waals surface area contributed by atoms with Gasteiger partial charge >= 0.3 is 6.03 Å². The number of fused-ring (bicyclic) bond motifs is 1. The smallest absolute Gasteiger partial charge is 0.317 e. The van der Waals surface area contributed by atoms with Crippen molar-refractivity contribution in [3.8, 4) is 5.75 Å². The fourth-order valence-corrected chi connectivity index (χ4v) is 6.14. The van der Waals surface area contributed by atoms with E-state index in [-0.39, 0.29) is 59.5 Å². The first kappa shape index (κ1) is 36.1. The Bertz CT molecular complexity index is 1380. The number of aliphatic hydroxyl groups is 1. The molecule has 11 nitrogen and oxygen atoms in total. The van der Waals surface area contributed by atoms with Gasteiger partial charge in [0, 0.05) is 44.4 Å². The summed E-state index contributed by atoms with van der Waals surface area (Å²) in [5.41, 5.74) is 1.33. The first-order chi connectivity index (χ1) is 21.2. The van der Waals surface area contributed by atoms with E-state index in [9.17, 15) is 23.1 Å². The molecule has 3 rings (SSSR count). The van der Waals surface area contributed by atoms with E-state index >= 15 is 0 Å². The zero-order valence-corrected chi connectivity index (χ0v) is 28.4. The number of urea groups is 1. The Morgan fingerprint density at radius 1 is 1.11 bits per heavy atom. The second-order valence-corrected chi connectivity index (χ2v) is 14.1. The number of carbonyl (C=O) groups is 2. The zero-order chi connectivity index (χ0) is 33.3. The van der Waals surface area contributed by atoms with Crippen molar-refractivity contribution in [3.05, 3.63) is 53.6 Å². The Hall–Kier alpha value is -3.35. The Balaban J connectivity index is 1.98. The van der Waals surface area contributed by atoms with Gasteiger partial charge in [0.1, 0.15) is 5.75 Å². The van der Waals surface area contributed by atoms with Crippen molar-refractivity contribution in [2.45, 2.75) is 90.0 Å². The molecule has 0 bridgehead atoms. The van der Waals surface area contributed by atoms with E-state index in [1.807, 2.05) is 34.6 Å². The average Bonchev–Trinajstić information content (AvgIpc) is 2.98. The zero-order valence-electron chi connectivity index (χ0n) is 27.6. The van der Waals surface area contributed by atoms with Crippen molar-refractivity contribution in [2.75, 3.05) is 38.1 Å². The van der Waals surface area contributed by atoms with E-state index in [2.05, 4.69) is 10.0 Å². The van der Waals surface area contributed by atoms with Gasteiger partial charge in [0.2, 0.25) is 0 Å². The lowest BCUT2D eigenvalue weighted by Gasteiger charge is -2.36. The van der Waals surface area contributed by atoms with Crippen molar-refractivity contribution in [3.63, 3.8) is 0 Å². The summed E-state index contributed by atoms with van der Waals surface area (Å²) in [7, 11) is -2.21. The third-order valence-electron chi connectivity index (χ3n) is 7.85. The third-order valence-corrected chi connectivity index (χ3v) is 9.24. The molecule has 3 amide bonds. The molecule has 45 heavy (non-hydrogen) atoms. The molecule has 0 saturated carbocycles. The summed E-state index contributed by atoms with van der Waals surface area (Å²) in [5, 5.41) is 13.1. The quantitative estimate of drug-likeness (QED) is 0.380. The monoisotopic (exact) mass is 646 g/mol. The maximum atomic E-state index is 14.3. The number of aryl methyl sites for hydroxylation is 1. The number of aliphatic hydroxyl groups excluding tert-OH is 1. The average molecular weight is 647 g/mol. The van der Waals surface area contributed by atoms with E-state index in [4.69, 9.17) is 9.47 Å².